The molecule has 0 aliphatic carbocycles. The Morgan fingerprint density at radius 3 is 2.51 bits per heavy atom. The number of ketones is 1. The van der Waals surface area contributed by atoms with Gasteiger partial charge in [-0.25, -0.2) is 4.98 Å². The monoisotopic (exact) mass is 590 g/mol. The molecule has 0 bridgehead atoms. The number of aliphatic hydroxyl groups is 1. The van der Waals surface area contributed by atoms with Gasteiger partial charge in [0.05, 0.1) is 21.8 Å². The third-order valence-electron chi connectivity index (χ3n) is 7.44. The Bertz CT molecular complexity index is 1900. The number of ether oxygens (including phenoxy) is 3. The van der Waals surface area contributed by atoms with Crippen molar-refractivity contribution in [3.05, 3.63) is 119 Å². The first-order chi connectivity index (χ1) is 21.0. The summed E-state index contributed by atoms with van der Waals surface area (Å²) in [6.07, 6.45) is 0. The zero-order chi connectivity index (χ0) is 29.5. The molecule has 0 saturated carbocycles. The van der Waals surface area contributed by atoms with E-state index in [0.717, 1.165) is 21.3 Å². The summed E-state index contributed by atoms with van der Waals surface area (Å²) in [5.74, 6) is -0.212. The van der Waals surface area contributed by atoms with Gasteiger partial charge in [-0.05, 0) is 66.1 Å². The Kier molecular flexibility index (Phi) is 6.79. The van der Waals surface area contributed by atoms with E-state index >= 15 is 0 Å². The number of aryl methyl sites for hydroxylation is 1. The van der Waals surface area contributed by atoms with Gasteiger partial charge in [0.25, 0.3) is 5.78 Å². The van der Waals surface area contributed by atoms with Crippen molar-refractivity contribution in [2.45, 2.75) is 19.6 Å². The summed E-state index contributed by atoms with van der Waals surface area (Å²) in [4.78, 5) is 33.4. The van der Waals surface area contributed by atoms with Crippen molar-refractivity contribution < 1.29 is 28.9 Å². The Morgan fingerprint density at radius 1 is 0.953 bits per heavy atom. The van der Waals surface area contributed by atoms with Crippen LogP contribution in [0.2, 0.25) is 0 Å². The average molecular weight is 591 g/mol. The van der Waals surface area contributed by atoms with Crippen molar-refractivity contribution in [2.24, 2.45) is 0 Å². The number of rotatable bonds is 6. The van der Waals surface area contributed by atoms with Gasteiger partial charge in [-0.1, -0.05) is 59.9 Å². The first-order valence-corrected chi connectivity index (χ1v) is 14.6. The van der Waals surface area contributed by atoms with Gasteiger partial charge < -0.3 is 19.3 Å². The maximum Gasteiger partial charge on any atom is 0.301 e. The maximum absolute atomic E-state index is 13.7. The average Bonchev–Trinajstić information content (AvgIpc) is 3.57. The van der Waals surface area contributed by atoms with Crippen LogP contribution >= 0.6 is 11.3 Å². The van der Waals surface area contributed by atoms with Crippen molar-refractivity contribution in [1.29, 1.82) is 0 Å². The molecule has 43 heavy (non-hydrogen) atoms. The van der Waals surface area contributed by atoms with Crippen molar-refractivity contribution >= 4 is 44.1 Å². The largest absolute Gasteiger partial charge is 0.507 e. The van der Waals surface area contributed by atoms with Gasteiger partial charge in [0.1, 0.15) is 31.3 Å². The lowest BCUT2D eigenvalue weighted by atomic mass is 9.95. The lowest BCUT2D eigenvalue weighted by Gasteiger charge is -2.23. The lowest BCUT2D eigenvalue weighted by molar-refractivity contribution is -0.132. The standard InChI is InChI=1S/C34H26N2O6S/c1-20-7-13-25-28(17-20)43-34(35-25)36-30(22-8-11-24(12-9-22)42-19-21-5-3-2-4-6-21)29(32(38)33(36)39)31(37)23-10-14-26-27(18-23)41-16-15-40-26/h2-14,17-18,30,37H,15-16,19H2,1H3. The zero-order valence-corrected chi connectivity index (χ0v) is 24.0. The molecule has 1 amide bonds. The molecule has 9 heteroatoms. The minimum atomic E-state index is -0.918. The smallest absolute Gasteiger partial charge is 0.301 e. The highest BCUT2D eigenvalue weighted by atomic mass is 32.1. The highest BCUT2D eigenvalue weighted by molar-refractivity contribution is 7.22. The number of fused-ring (bicyclic) bond motifs is 2. The van der Waals surface area contributed by atoms with Crippen LogP contribution in [0.4, 0.5) is 5.13 Å². The molecule has 0 radical (unpaired) electrons. The summed E-state index contributed by atoms with van der Waals surface area (Å²) in [5, 5.41) is 12.0. The summed E-state index contributed by atoms with van der Waals surface area (Å²) in [7, 11) is 0. The highest BCUT2D eigenvalue weighted by Crippen LogP contribution is 2.45. The first-order valence-electron chi connectivity index (χ1n) is 13.8. The molecule has 3 heterocycles. The van der Waals surface area contributed by atoms with Crippen LogP contribution < -0.4 is 19.1 Å². The van der Waals surface area contributed by atoms with Gasteiger partial charge in [-0.3, -0.25) is 14.5 Å². The number of carbonyl (C=O) groups is 2. The van der Waals surface area contributed by atoms with Crippen LogP contribution in [0.25, 0.3) is 16.0 Å². The molecule has 0 spiro atoms. The summed E-state index contributed by atoms with van der Waals surface area (Å²) in [6.45, 7) is 3.18. The fourth-order valence-corrected chi connectivity index (χ4v) is 6.39. The number of amides is 1. The van der Waals surface area contributed by atoms with Crippen LogP contribution in [0.1, 0.15) is 28.3 Å². The van der Waals surface area contributed by atoms with E-state index in [2.05, 4.69) is 0 Å². The van der Waals surface area contributed by atoms with E-state index in [1.165, 1.54) is 16.2 Å². The lowest BCUT2D eigenvalue weighted by Crippen LogP contribution is -2.29. The summed E-state index contributed by atoms with van der Waals surface area (Å²) >= 11 is 1.33. The summed E-state index contributed by atoms with van der Waals surface area (Å²) < 4.78 is 18.2. The van der Waals surface area contributed by atoms with E-state index < -0.39 is 17.7 Å². The molecule has 1 atom stereocenters. The van der Waals surface area contributed by atoms with E-state index in [1.807, 2.05) is 55.5 Å². The number of aliphatic hydroxyl groups excluding tert-OH is 1. The molecular weight excluding hydrogens is 564 g/mol. The Morgan fingerprint density at radius 2 is 1.72 bits per heavy atom. The molecule has 214 valence electrons. The van der Waals surface area contributed by atoms with Gasteiger partial charge in [0, 0.05) is 5.56 Å². The minimum absolute atomic E-state index is 0.0323. The predicted molar refractivity (Wildman–Crippen MR) is 164 cm³/mol. The minimum Gasteiger partial charge on any atom is -0.507 e. The van der Waals surface area contributed by atoms with Crippen LogP contribution in [0.3, 0.4) is 0 Å². The zero-order valence-electron chi connectivity index (χ0n) is 23.2. The molecular formula is C34H26N2O6S. The van der Waals surface area contributed by atoms with E-state index in [4.69, 9.17) is 19.2 Å². The van der Waals surface area contributed by atoms with Crippen LogP contribution in [-0.2, 0) is 16.2 Å². The molecule has 2 aliphatic heterocycles. The second-order valence-electron chi connectivity index (χ2n) is 10.3. The summed E-state index contributed by atoms with van der Waals surface area (Å²) in [5.41, 5.74) is 3.75. The third-order valence-corrected chi connectivity index (χ3v) is 8.46. The van der Waals surface area contributed by atoms with Crippen LogP contribution in [0, 0.1) is 6.92 Å². The number of anilines is 1. The second kappa shape index (κ2) is 10.9. The summed E-state index contributed by atoms with van der Waals surface area (Å²) in [6, 6.07) is 26.9. The number of nitrogens with zero attached hydrogens (tertiary/aromatic N) is 2. The van der Waals surface area contributed by atoms with Crippen LogP contribution in [-0.4, -0.2) is 35.0 Å². The molecule has 1 saturated heterocycles. The number of carbonyl (C=O) groups excluding carboxylic acids is 2. The van der Waals surface area contributed by atoms with Crippen molar-refractivity contribution in [3.8, 4) is 17.2 Å². The number of hydrogen-bond acceptors (Lipinski definition) is 8. The third kappa shape index (κ3) is 4.97. The van der Waals surface area contributed by atoms with E-state index in [9.17, 15) is 14.7 Å². The Hall–Kier alpha value is -5.15. The van der Waals surface area contributed by atoms with Gasteiger partial charge in [0.15, 0.2) is 16.6 Å². The SMILES string of the molecule is Cc1ccc2nc(N3C(=O)C(=O)C(=C(O)c4ccc5c(c4)OCCO5)C3c3ccc(OCc4ccccc4)cc3)sc2c1. The molecule has 5 aromatic rings. The topological polar surface area (TPSA) is 98.2 Å². The first kappa shape index (κ1) is 26.7. The van der Waals surface area contributed by atoms with Crippen molar-refractivity contribution in [1.82, 2.24) is 4.98 Å². The van der Waals surface area contributed by atoms with Gasteiger partial charge >= 0.3 is 5.91 Å². The van der Waals surface area contributed by atoms with E-state index in [-0.39, 0.29) is 11.3 Å². The number of hydrogen-bond donors (Lipinski definition) is 1. The highest BCUT2D eigenvalue weighted by Gasteiger charge is 2.48. The number of aromatic nitrogens is 1. The quantitative estimate of drug-likeness (QED) is 0.136. The molecule has 2 aliphatic rings. The molecule has 7 rings (SSSR count). The van der Waals surface area contributed by atoms with Crippen LogP contribution in [0.5, 0.6) is 17.2 Å². The molecule has 1 unspecified atom stereocenters. The fraction of sp³-hybridized carbons (Fsp3) is 0.147. The van der Waals surface area contributed by atoms with Gasteiger partial charge in [0.2, 0.25) is 0 Å². The molecule has 1 aromatic heterocycles. The second-order valence-corrected chi connectivity index (χ2v) is 11.3. The van der Waals surface area contributed by atoms with Crippen LogP contribution in [0.15, 0.2) is 96.6 Å². The van der Waals surface area contributed by atoms with Gasteiger partial charge in [-0.2, -0.15) is 0 Å². The molecule has 1 fully saturated rings. The molecule has 1 N–H and O–H groups in total. The number of Topliss-reactive ketones (excluding diaryl/α,β-unsaturated/α-hetero) is 1. The Labute approximate surface area is 251 Å². The van der Waals surface area contributed by atoms with E-state index in [1.54, 1.807) is 42.5 Å². The van der Waals surface area contributed by atoms with Gasteiger partial charge in [-0.15, -0.1) is 0 Å². The normalized spacial score (nSPS) is 17.4. The number of thiazole rings is 1. The fourth-order valence-electron chi connectivity index (χ4n) is 5.30. The predicted octanol–water partition coefficient (Wildman–Crippen LogP) is 6.58. The number of benzene rings is 4. The maximum atomic E-state index is 13.7. The molecule has 4 aromatic carbocycles. The van der Waals surface area contributed by atoms with E-state index in [0.29, 0.717) is 53.3 Å². The van der Waals surface area contributed by atoms with Crippen molar-refractivity contribution in [2.75, 3.05) is 18.1 Å². The molecule has 8 nitrogen and oxygen atoms in total. The van der Waals surface area contributed by atoms with Crippen molar-refractivity contribution in [3.63, 3.8) is 0 Å². The Balaban J connectivity index is 1.31.